The topological polar surface area (TPSA) is 94.6 Å². The highest BCUT2D eigenvalue weighted by molar-refractivity contribution is 6.30. The minimum atomic E-state index is -0.425. The van der Waals surface area contributed by atoms with Gasteiger partial charge < -0.3 is 15.5 Å². The van der Waals surface area contributed by atoms with Crippen LogP contribution in [0.4, 0.5) is 17.2 Å². The molecule has 8 nitrogen and oxygen atoms in total. The van der Waals surface area contributed by atoms with Gasteiger partial charge in [0.2, 0.25) is 5.91 Å². The summed E-state index contributed by atoms with van der Waals surface area (Å²) in [6, 6.07) is 15.0. The summed E-state index contributed by atoms with van der Waals surface area (Å²) in [5.74, 6) is -0.543. The van der Waals surface area contributed by atoms with Gasteiger partial charge in [-0.2, -0.15) is 0 Å². The Morgan fingerprint density at radius 3 is 2.31 bits per heavy atom. The molecule has 3 rings (SSSR count). The number of carbonyl (C=O) groups is 3. The maximum absolute atomic E-state index is 12.9. The van der Waals surface area contributed by atoms with E-state index in [1.807, 2.05) is 25.8 Å². The number of aryl methyl sites for hydroxylation is 1. The highest BCUT2D eigenvalue weighted by Crippen LogP contribution is 2.22. The van der Waals surface area contributed by atoms with Crippen molar-refractivity contribution in [2.75, 3.05) is 42.7 Å². The number of benzene rings is 2. The average Bonchev–Trinajstić information content (AvgIpc) is 2.84. The third kappa shape index (κ3) is 6.88. The molecule has 0 radical (unpaired) electrons. The van der Waals surface area contributed by atoms with Gasteiger partial charge in [0.05, 0.1) is 17.8 Å². The van der Waals surface area contributed by atoms with Gasteiger partial charge >= 0.3 is 0 Å². The molecule has 0 saturated carbocycles. The number of halogens is 1. The van der Waals surface area contributed by atoms with Crippen LogP contribution in [0.25, 0.3) is 0 Å². The maximum atomic E-state index is 12.9. The molecule has 0 atom stereocenters. The van der Waals surface area contributed by atoms with Crippen LogP contribution in [-0.4, -0.2) is 54.8 Å². The van der Waals surface area contributed by atoms with E-state index in [0.29, 0.717) is 39.9 Å². The fourth-order valence-corrected chi connectivity index (χ4v) is 3.40. The first kappa shape index (κ1) is 25.9. The van der Waals surface area contributed by atoms with Crippen LogP contribution >= 0.6 is 11.6 Å². The first-order valence-corrected chi connectivity index (χ1v) is 11.5. The molecule has 1 aromatic heterocycles. The van der Waals surface area contributed by atoms with Crippen LogP contribution in [0.2, 0.25) is 5.02 Å². The molecule has 2 aromatic carbocycles. The second-order valence-electron chi connectivity index (χ2n) is 8.15. The van der Waals surface area contributed by atoms with Gasteiger partial charge in [0.25, 0.3) is 11.8 Å². The van der Waals surface area contributed by atoms with Gasteiger partial charge in [0.1, 0.15) is 5.82 Å². The summed E-state index contributed by atoms with van der Waals surface area (Å²) in [6.07, 6.45) is 1.49. The fourth-order valence-electron chi connectivity index (χ4n) is 3.24. The van der Waals surface area contributed by atoms with Crippen molar-refractivity contribution in [2.24, 2.45) is 0 Å². The van der Waals surface area contributed by atoms with Crippen LogP contribution in [0, 0.1) is 6.92 Å². The van der Waals surface area contributed by atoms with Gasteiger partial charge in [0.15, 0.2) is 0 Å². The Labute approximate surface area is 209 Å². The molecule has 3 aromatic rings. The van der Waals surface area contributed by atoms with Crippen molar-refractivity contribution in [1.29, 1.82) is 0 Å². The number of pyridine rings is 1. The van der Waals surface area contributed by atoms with Gasteiger partial charge in [-0.1, -0.05) is 30.2 Å². The zero-order chi connectivity index (χ0) is 25.5. The Balaban J connectivity index is 1.74. The molecule has 0 spiro atoms. The number of nitrogens with one attached hydrogen (secondary N) is 2. The number of nitrogens with zero attached hydrogens (tertiary/aromatic N) is 3. The van der Waals surface area contributed by atoms with Crippen LogP contribution in [0.15, 0.2) is 60.8 Å². The van der Waals surface area contributed by atoms with Crippen molar-refractivity contribution >= 4 is 46.5 Å². The minimum absolute atomic E-state index is 0.0453. The van der Waals surface area contributed by atoms with Crippen LogP contribution in [-0.2, 0) is 4.79 Å². The van der Waals surface area contributed by atoms with Crippen molar-refractivity contribution in [2.45, 2.75) is 13.8 Å². The number of carbonyl (C=O) groups excluding carboxylic acids is 3. The number of hydrogen-bond donors (Lipinski definition) is 2. The van der Waals surface area contributed by atoms with E-state index in [1.54, 1.807) is 60.5 Å². The molecule has 0 aliphatic heterocycles. The largest absolute Gasteiger partial charge is 0.321 e. The van der Waals surface area contributed by atoms with Crippen molar-refractivity contribution in [3.8, 4) is 0 Å². The third-order valence-electron chi connectivity index (χ3n) is 5.47. The summed E-state index contributed by atoms with van der Waals surface area (Å²) in [6.45, 7) is 4.91. The third-order valence-corrected chi connectivity index (χ3v) is 5.70. The van der Waals surface area contributed by atoms with Gasteiger partial charge in [-0.3, -0.25) is 19.3 Å². The first-order chi connectivity index (χ1) is 16.7. The highest BCUT2D eigenvalue weighted by atomic mass is 35.5. The van der Waals surface area contributed by atoms with E-state index in [-0.39, 0.29) is 11.8 Å². The van der Waals surface area contributed by atoms with Crippen molar-refractivity contribution < 1.29 is 14.4 Å². The molecular weight excluding hydrogens is 466 g/mol. The summed E-state index contributed by atoms with van der Waals surface area (Å²) in [5.41, 5.74) is 2.59. The number of amides is 3. The molecule has 35 heavy (non-hydrogen) atoms. The van der Waals surface area contributed by atoms with Gasteiger partial charge in [-0.15, -0.1) is 0 Å². The zero-order valence-corrected chi connectivity index (χ0v) is 20.9. The predicted molar refractivity (Wildman–Crippen MR) is 139 cm³/mol. The quantitative estimate of drug-likeness (QED) is 0.483. The van der Waals surface area contributed by atoms with E-state index in [9.17, 15) is 14.4 Å². The van der Waals surface area contributed by atoms with Crippen LogP contribution in [0.3, 0.4) is 0 Å². The molecule has 1 heterocycles. The van der Waals surface area contributed by atoms with Gasteiger partial charge in [-0.05, 0) is 69.0 Å². The molecule has 0 aliphatic carbocycles. The molecule has 0 aliphatic rings. The molecule has 0 fully saturated rings. The summed E-state index contributed by atoms with van der Waals surface area (Å²) >= 11 is 5.97. The maximum Gasteiger partial charge on any atom is 0.258 e. The molecule has 9 heteroatoms. The number of likely N-dealkylation sites (N-methyl/N-ethyl adjacent to an activating group) is 2. The highest BCUT2D eigenvalue weighted by Gasteiger charge is 2.17. The lowest BCUT2D eigenvalue weighted by atomic mass is 10.1. The summed E-state index contributed by atoms with van der Waals surface area (Å²) in [4.78, 5) is 45.8. The normalized spacial score (nSPS) is 10.7. The van der Waals surface area contributed by atoms with Crippen LogP contribution in [0.5, 0.6) is 0 Å². The monoisotopic (exact) mass is 493 g/mol. The summed E-state index contributed by atoms with van der Waals surface area (Å²) in [7, 11) is 3.58. The number of hydrogen-bond acceptors (Lipinski definition) is 5. The first-order valence-electron chi connectivity index (χ1n) is 11.1. The van der Waals surface area contributed by atoms with E-state index in [2.05, 4.69) is 15.6 Å². The Morgan fingerprint density at radius 1 is 0.943 bits per heavy atom. The second kappa shape index (κ2) is 11.6. The molecule has 0 unspecified atom stereocenters. The number of rotatable bonds is 8. The Bertz CT molecular complexity index is 1230. The van der Waals surface area contributed by atoms with Crippen molar-refractivity contribution in [1.82, 2.24) is 9.88 Å². The standard InChI is InChI=1S/C26H28ClN5O3/c1-5-31(3)16-24(33)32(4)20-9-7-18(8-10-20)25(34)29-22-11-6-17(2)14-21(22)26(35)30-23-15-19(27)12-13-28-23/h6-15H,5,16H2,1-4H3,(H,29,34)(H,28,30,35). The fraction of sp³-hybridized carbons (Fsp3) is 0.231. The predicted octanol–water partition coefficient (Wildman–Crippen LogP) is 4.46. The lowest BCUT2D eigenvalue weighted by molar-refractivity contribution is -0.119. The van der Waals surface area contributed by atoms with Crippen LogP contribution in [0.1, 0.15) is 33.2 Å². The smallest absolute Gasteiger partial charge is 0.258 e. The second-order valence-corrected chi connectivity index (χ2v) is 8.58. The van der Waals surface area contributed by atoms with E-state index < -0.39 is 5.91 Å². The Hall–Kier alpha value is -3.75. The molecule has 2 N–H and O–H groups in total. The van der Waals surface area contributed by atoms with E-state index in [0.717, 1.165) is 12.1 Å². The van der Waals surface area contributed by atoms with Crippen LogP contribution < -0.4 is 15.5 Å². The van der Waals surface area contributed by atoms with E-state index in [1.165, 1.54) is 12.3 Å². The molecular formula is C26H28ClN5O3. The molecule has 3 amide bonds. The van der Waals surface area contributed by atoms with Crippen molar-refractivity contribution in [3.05, 3.63) is 82.5 Å². The zero-order valence-electron chi connectivity index (χ0n) is 20.1. The summed E-state index contributed by atoms with van der Waals surface area (Å²) < 4.78 is 0. The Morgan fingerprint density at radius 2 is 1.66 bits per heavy atom. The Kier molecular flexibility index (Phi) is 8.57. The lowest BCUT2D eigenvalue weighted by Crippen LogP contribution is -2.36. The van der Waals surface area contributed by atoms with E-state index in [4.69, 9.17) is 11.6 Å². The molecule has 182 valence electrons. The SMILES string of the molecule is CCN(C)CC(=O)N(C)c1ccc(C(=O)Nc2ccc(C)cc2C(=O)Nc2cc(Cl)ccn2)cc1. The lowest BCUT2D eigenvalue weighted by Gasteiger charge is -2.21. The average molecular weight is 494 g/mol. The van der Waals surface area contributed by atoms with Gasteiger partial charge in [-0.25, -0.2) is 4.98 Å². The molecule has 0 saturated heterocycles. The van der Waals surface area contributed by atoms with Gasteiger partial charge in [0, 0.05) is 29.5 Å². The van der Waals surface area contributed by atoms with Crippen molar-refractivity contribution in [3.63, 3.8) is 0 Å². The summed E-state index contributed by atoms with van der Waals surface area (Å²) in [5, 5.41) is 5.95. The number of aromatic nitrogens is 1. The minimum Gasteiger partial charge on any atom is -0.321 e. The number of anilines is 3. The van der Waals surface area contributed by atoms with E-state index >= 15 is 0 Å². The molecule has 0 bridgehead atoms.